The molecule has 3 rings (SSSR count). The van der Waals surface area contributed by atoms with Crippen molar-refractivity contribution < 1.29 is 17.6 Å². The Morgan fingerprint density at radius 3 is 2.44 bits per heavy atom. The van der Waals surface area contributed by atoms with E-state index in [0.717, 1.165) is 12.1 Å². The van der Waals surface area contributed by atoms with Crippen molar-refractivity contribution in [2.45, 2.75) is 4.90 Å². The van der Waals surface area contributed by atoms with Gasteiger partial charge in [-0.2, -0.15) is 0 Å². The molecule has 0 atom stereocenters. The lowest BCUT2D eigenvalue weighted by Crippen LogP contribution is -2.41. The van der Waals surface area contributed by atoms with E-state index in [1.807, 2.05) is 10.3 Å². The Morgan fingerprint density at radius 2 is 1.80 bits per heavy atom. The van der Waals surface area contributed by atoms with Crippen LogP contribution in [0.4, 0.5) is 4.39 Å². The molecule has 1 amide bonds. The Balaban J connectivity index is 1.69. The van der Waals surface area contributed by atoms with E-state index in [1.165, 1.54) is 35.3 Å². The Morgan fingerprint density at radius 1 is 1.08 bits per heavy atom. The number of amides is 1. The van der Waals surface area contributed by atoms with Crippen LogP contribution in [0.2, 0.25) is 0 Å². The number of sulfonamides is 1. The molecule has 9 nitrogen and oxygen atoms in total. The van der Waals surface area contributed by atoms with Crippen LogP contribution in [0.25, 0.3) is 5.69 Å². The highest BCUT2D eigenvalue weighted by molar-refractivity contribution is 7.89. The van der Waals surface area contributed by atoms with E-state index < -0.39 is 26.6 Å². The van der Waals surface area contributed by atoms with Gasteiger partial charge in [-0.3, -0.25) is 10.2 Å². The highest BCUT2D eigenvalue weighted by Crippen LogP contribution is 2.12. The van der Waals surface area contributed by atoms with Crippen LogP contribution < -0.4 is 10.3 Å². The maximum atomic E-state index is 13.6. The molecule has 0 saturated heterocycles. The molecule has 0 bridgehead atoms. The number of halogens is 1. The van der Waals surface area contributed by atoms with Crippen molar-refractivity contribution in [2.24, 2.45) is 0 Å². The second-order valence-electron chi connectivity index (χ2n) is 4.79. The van der Waals surface area contributed by atoms with Crippen LogP contribution in [0.3, 0.4) is 0 Å². The molecule has 25 heavy (non-hydrogen) atoms. The normalized spacial score (nSPS) is 11.2. The topological polar surface area (TPSA) is 119 Å². The molecule has 1 aromatic heterocycles. The Labute approximate surface area is 141 Å². The minimum absolute atomic E-state index is 0.188. The molecule has 3 aromatic rings. The molecule has 0 aliphatic carbocycles. The fraction of sp³-hybridized carbons (Fsp3) is 0. The van der Waals surface area contributed by atoms with Gasteiger partial charge in [0.2, 0.25) is 0 Å². The second kappa shape index (κ2) is 6.75. The van der Waals surface area contributed by atoms with Crippen LogP contribution >= 0.6 is 0 Å². The zero-order valence-electron chi connectivity index (χ0n) is 12.5. The number of rotatable bonds is 5. The number of hydrogen-bond acceptors (Lipinski definition) is 6. The summed E-state index contributed by atoms with van der Waals surface area (Å²) in [6.07, 6.45) is 1.39. The molecule has 1 heterocycles. The zero-order chi connectivity index (χ0) is 17.9. The first-order valence-electron chi connectivity index (χ1n) is 6.87. The molecule has 0 radical (unpaired) electrons. The molecule has 11 heteroatoms. The third-order valence-corrected chi connectivity index (χ3v) is 4.45. The van der Waals surface area contributed by atoms with Crippen LogP contribution in [0, 0.1) is 5.82 Å². The van der Waals surface area contributed by atoms with E-state index in [2.05, 4.69) is 15.5 Å². The molecule has 2 aromatic carbocycles. The fourth-order valence-corrected chi connectivity index (χ4v) is 2.87. The van der Waals surface area contributed by atoms with Gasteiger partial charge in [-0.05, 0) is 46.8 Å². The largest absolute Gasteiger partial charge is 0.273 e. The number of carbonyl (C=O) groups is 1. The van der Waals surface area contributed by atoms with Gasteiger partial charge < -0.3 is 0 Å². The third-order valence-electron chi connectivity index (χ3n) is 3.17. The predicted octanol–water partition coefficient (Wildman–Crippen LogP) is 0.425. The Bertz CT molecular complexity index is 990. The monoisotopic (exact) mass is 362 g/mol. The number of benzene rings is 2. The maximum Gasteiger partial charge on any atom is 0.266 e. The summed E-state index contributed by atoms with van der Waals surface area (Å²) in [5, 5.41) is 10.7. The summed E-state index contributed by atoms with van der Waals surface area (Å²) in [5.74, 6) is -1.63. The van der Waals surface area contributed by atoms with Crippen LogP contribution in [0.5, 0.6) is 0 Å². The van der Waals surface area contributed by atoms with Crippen molar-refractivity contribution in [1.82, 2.24) is 30.5 Å². The third kappa shape index (κ3) is 3.67. The molecule has 0 fully saturated rings. The fourth-order valence-electron chi connectivity index (χ4n) is 1.95. The van der Waals surface area contributed by atoms with Gasteiger partial charge in [-0.1, -0.05) is 12.1 Å². The van der Waals surface area contributed by atoms with Gasteiger partial charge in [-0.15, -0.1) is 9.93 Å². The van der Waals surface area contributed by atoms with Crippen LogP contribution in [0.1, 0.15) is 10.4 Å². The SMILES string of the molecule is O=C(NNS(=O)(=O)c1ccccc1F)c1ccc(-n2cnnn2)cc1. The predicted molar refractivity (Wildman–Crippen MR) is 83.3 cm³/mol. The van der Waals surface area contributed by atoms with Crippen molar-refractivity contribution in [2.75, 3.05) is 0 Å². The number of nitrogens with zero attached hydrogens (tertiary/aromatic N) is 4. The summed E-state index contributed by atoms with van der Waals surface area (Å²) in [6.45, 7) is 0. The van der Waals surface area contributed by atoms with Crippen LogP contribution in [-0.4, -0.2) is 34.5 Å². The summed E-state index contributed by atoms with van der Waals surface area (Å²) in [6, 6.07) is 10.9. The van der Waals surface area contributed by atoms with Gasteiger partial charge in [0.25, 0.3) is 15.9 Å². The van der Waals surface area contributed by atoms with Gasteiger partial charge in [0.05, 0.1) is 5.69 Å². The van der Waals surface area contributed by atoms with Gasteiger partial charge in [0, 0.05) is 5.56 Å². The molecule has 2 N–H and O–H groups in total. The van der Waals surface area contributed by atoms with E-state index in [4.69, 9.17) is 0 Å². The molecule has 0 spiro atoms. The molecule has 0 aliphatic rings. The van der Waals surface area contributed by atoms with E-state index in [0.29, 0.717) is 5.69 Å². The molecule has 0 saturated carbocycles. The van der Waals surface area contributed by atoms with Gasteiger partial charge in [0.1, 0.15) is 17.0 Å². The first-order valence-corrected chi connectivity index (χ1v) is 8.36. The molecular formula is C14H11FN6O3S. The smallest absolute Gasteiger partial charge is 0.266 e. The van der Waals surface area contributed by atoms with Crippen molar-refractivity contribution in [1.29, 1.82) is 0 Å². The molecular weight excluding hydrogens is 351 g/mol. The number of hydrogen-bond donors (Lipinski definition) is 2. The number of tetrazole rings is 1. The first kappa shape index (κ1) is 16.7. The summed E-state index contributed by atoms with van der Waals surface area (Å²) in [7, 11) is -4.23. The lowest BCUT2D eigenvalue weighted by Gasteiger charge is -2.09. The number of nitrogens with one attached hydrogen (secondary N) is 2. The highest BCUT2D eigenvalue weighted by Gasteiger charge is 2.19. The summed E-state index contributed by atoms with van der Waals surface area (Å²) in [5.41, 5.74) is 2.84. The van der Waals surface area contributed by atoms with Crippen LogP contribution in [0.15, 0.2) is 59.8 Å². The van der Waals surface area contributed by atoms with Gasteiger partial charge >= 0.3 is 0 Å². The standard InChI is InChI=1S/C14H11FN6O3S/c15-12-3-1-2-4-13(12)25(23,24)20-17-14(22)10-5-7-11(8-6-10)21-9-16-18-19-21/h1-9,20H,(H,17,22). The average Bonchev–Trinajstić information content (AvgIpc) is 3.15. The maximum absolute atomic E-state index is 13.6. The highest BCUT2D eigenvalue weighted by atomic mass is 32.2. The minimum atomic E-state index is -4.23. The Kier molecular flexibility index (Phi) is 4.50. The summed E-state index contributed by atoms with van der Waals surface area (Å²) in [4.78, 5) is 13.3. The van der Waals surface area contributed by atoms with Gasteiger partial charge in [0.15, 0.2) is 0 Å². The first-order chi connectivity index (χ1) is 12.0. The second-order valence-corrected chi connectivity index (χ2v) is 6.44. The van der Waals surface area contributed by atoms with E-state index in [1.54, 1.807) is 12.1 Å². The number of hydrazine groups is 1. The summed E-state index contributed by atoms with van der Waals surface area (Å²) < 4.78 is 39.0. The number of carbonyl (C=O) groups excluding carboxylic acids is 1. The van der Waals surface area contributed by atoms with E-state index in [-0.39, 0.29) is 5.56 Å². The van der Waals surface area contributed by atoms with Crippen molar-refractivity contribution in [3.05, 3.63) is 66.2 Å². The van der Waals surface area contributed by atoms with Crippen molar-refractivity contribution in [3.63, 3.8) is 0 Å². The van der Waals surface area contributed by atoms with E-state index in [9.17, 15) is 17.6 Å². The number of aromatic nitrogens is 4. The van der Waals surface area contributed by atoms with Crippen molar-refractivity contribution in [3.8, 4) is 5.69 Å². The van der Waals surface area contributed by atoms with E-state index >= 15 is 0 Å². The average molecular weight is 362 g/mol. The Hall–Kier alpha value is -3.18. The summed E-state index contributed by atoms with van der Waals surface area (Å²) >= 11 is 0. The zero-order valence-corrected chi connectivity index (χ0v) is 13.3. The lowest BCUT2D eigenvalue weighted by molar-refractivity contribution is 0.0945. The lowest BCUT2D eigenvalue weighted by atomic mass is 10.2. The van der Waals surface area contributed by atoms with Crippen LogP contribution in [-0.2, 0) is 10.0 Å². The molecule has 0 unspecified atom stereocenters. The molecule has 128 valence electrons. The molecule has 0 aliphatic heterocycles. The minimum Gasteiger partial charge on any atom is -0.273 e. The van der Waals surface area contributed by atoms with Crippen molar-refractivity contribution >= 4 is 15.9 Å². The quantitative estimate of drug-likeness (QED) is 0.635. The van der Waals surface area contributed by atoms with Gasteiger partial charge in [-0.25, -0.2) is 17.5 Å².